The van der Waals surface area contributed by atoms with Crippen LogP contribution in [0.1, 0.15) is 32.8 Å². The molecular weight excluding hydrogens is 260 g/mol. The Labute approximate surface area is 128 Å². The molecule has 0 atom stereocenters. The Morgan fingerprint density at radius 3 is 2.62 bits per heavy atom. The zero-order valence-corrected chi connectivity index (χ0v) is 13.6. The van der Waals surface area contributed by atoms with Crippen molar-refractivity contribution in [3.8, 4) is 5.75 Å². The van der Waals surface area contributed by atoms with E-state index in [2.05, 4.69) is 31.7 Å². The smallest absolute Gasteiger partial charge is 0.123 e. The highest BCUT2D eigenvalue weighted by Gasteiger charge is 2.21. The second-order valence-electron chi connectivity index (χ2n) is 6.69. The molecule has 0 bridgehead atoms. The quantitative estimate of drug-likeness (QED) is 0.846. The fourth-order valence-electron chi connectivity index (χ4n) is 2.69. The van der Waals surface area contributed by atoms with Crippen molar-refractivity contribution in [2.75, 3.05) is 26.2 Å². The van der Waals surface area contributed by atoms with E-state index in [1.165, 1.54) is 6.42 Å². The molecule has 0 saturated carbocycles. The number of nitrogens with zero attached hydrogens (tertiary/aromatic N) is 1. The van der Waals surface area contributed by atoms with Crippen LogP contribution in [0.4, 0.5) is 0 Å². The van der Waals surface area contributed by atoms with Crippen molar-refractivity contribution >= 4 is 0 Å². The third-order valence-electron chi connectivity index (χ3n) is 4.11. The summed E-state index contributed by atoms with van der Waals surface area (Å²) >= 11 is 0. The van der Waals surface area contributed by atoms with E-state index in [1.807, 2.05) is 24.3 Å². The zero-order chi connectivity index (χ0) is 15.3. The summed E-state index contributed by atoms with van der Waals surface area (Å²) < 4.78 is 5.88. The molecule has 2 N–H and O–H groups in total. The van der Waals surface area contributed by atoms with Crippen LogP contribution in [0.3, 0.4) is 0 Å². The first-order valence-corrected chi connectivity index (χ1v) is 7.83. The molecule has 1 aromatic carbocycles. The lowest BCUT2D eigenvalue weighted by atomic mass is 9.83. The average Bonchev–Trinajstić information content (AvgIpc) is 2.47. The molecule has 3 nitrogen and oxygen atoms in total. The van der Waals surface area contributed by atoms with Crippen LogP contribution in [0.5, 0.6) is 5.75 Å². The monoisotopic (exact) mass is 288 g/mol. The van der Waals surface area contributed by atoms with E-state index in [0.29, 0.717) is 12.0 Å². The lowest BCUT2D eigenvalue weighted by Gasteiger charge is -2.32. The number of para-hydroxylation sites is 1. The molecule has 3 heteroatoms. The van der Waals surface area contributed by atoms with Crippen LogP contribution < -0.4 is 10.5 Å². The average molecular weight is 288 g/mol. The molecule has 1 aliphatic rings. The van der Waals surface area contributed by atoms with Gasteiger partial charge in [-0.2, -0.15) is 0 Å². The standard InChI is InChI=1S/C18H28N2O/c1-18(2,3)16-8-10-20(11-9-16)12-13-21-17-7-5-4-6-15(17)14-19/h4-8H,9-14,19H2,1-3H3. The van der Waals surface area contributed by atoms with Gasteiger partial charge in [0.15, 0.2) is 0 Å². The Kier molecular flexibility index (Phi) is 5.43. The summed E-state index contributed by atoms with van der Waals surface area (Å²) in [5, 5.41) is 0. The van der Waals surface area contributed by atoms with E-state index in [9.17, 15) is 0 Å². The van der Waals surface area contributed by atoms with Crippen LogP contribution in [0.15, 0.2) is 35.9 Å². The van der Waals surface area contributed by atoms with E-state index in [4.69, 9.17) is 10.5 Å². The van der Waals surface area contributed by atoms with Crippen molar-refractivity contribution in [3.63, 3.8) is 0 Å². The topological polar surface area (TPSA) is 38.5 Å². The summed E-state index contributed by atoms with van der Waals surface area (Å²) in [4.78, 5) is 2.44. The molecule has 116 valence electrons. The van der Waals surface area contributed by atoms with E-state index < -0.39 is 0 Å². The second-order valence-corrected chi connectivity index (χ2v) is 6.69. The summed E-state index contributed by atoms with van der Waals surface area (Å²) in [6, 6.07) is 8.01. The van der Waals surface area contributed by atoms with E-state index in [-0.39, 0.29) is 0 Å². The van der Waals surface area contributed by atoms with Gasteiger partial charge in [-0.05, 0) is 17.9 Å². The van der Waals surface area contributed by atoms with E-state index in [1.54, 1.807) is 5.57 Å². The molecule has 0 radical (unpaired) electrons. The van der Waals surface area contributed by atoms with Crippen LogP contribution in [0.2, 0.25) is 0 Å². The van der Waals surface area contributed by atoms with Gasteiger partial charge in [-0.3, -0.25) is 4.90 Å². The van der Waals surface area contributed by atoms with Crippen LogP contribution in [0, 0.1) is 5.41 Å². The van der Waals surface area contributed by atoms with Gasteiger partial charge in [0.05, 0.1) is 0 Å². The van der Waals surface area contributed by atoms with Gasteiger partial charge in [0.25, 0.3) is 0 Å². The highest BCUT2D eigenvalue weighted by atomic mass is 16.5. The van der Waals surface area contributed by atoms with Crippen LogP contribution >= 0.6 is 0 Å². The first kappa shape index (κ1) is 16.1. The molecule has 0 fully saturated rings. The van der Waals surface area contributed by atoms with Crippen molar-refractivity contribution < 1.29 is 4.74 Å². The molecule has 1 heterocycles. The minimum atomic E-state index is 0.308. The van der Waals surface area contributed by atoms with Gasteiger partial charge in [-0.1, -0.05) is 50.6 Å². The Morgan fingerprint density at radius 1 is 1.24 bits per heavy atom. The lowest BCUT2D eigenvalue weighted by molar-refractivity contribution is 0.212. The Balaban J connectivity index is 1.79. The predicted octanol–water partition coefficient (Wildman–Crippen LogP) is 3.20. The van der Waals surface area contributed by atoms with Crippen LogP contribution in [0.25, 0.3) is 0 Å². The number of ether oxygens (including phenoxy) is 1. The van der Waals surface area contributed by atoms with Crippen molar-refractivity contribution in [2.24, 2.45) is 11.1 Å². The van der Waals surface area contributed by atoms with Gasteiger partial charge in [0, 0.05) is 31.7 Å². The maximum Gasteiger partial charge on any atom is 0.123 e. The maximum atomic E-state index is 5.88. The van der Waals surface area contributed by atoms with E-state index >= 15 is 0 Å². The SMILES string of the molecule is CC(C)(C)C1=CCN(CCOc2ccccc2CN)CC1. The molecule has 0 aliphatic carbocycles. The summed E-state index contributed by atoms with van der Waals surface area (Å²) in [6.07, 6.45) is 3.56. The zero-order valence-electron chi connectivity index (χ0n) is 13.6. The third kappa shape index (κ3) is 4.58. The Hall–Kier alpha value is -1.32. The first-order valence-electron chi connectivity index (χ1n) is 7.83. The molecule has 0 amide bonds. The largest absolute Gasteiger partial charge is 0.492 e. The fraction of sp³-hybridized carbons (Fsp3) is 0.556. The highest BCUT2D eigenvalue weighted by molar-refractivity contribution is 5.32. The predicted molar refractivity (Wildman–Crippen MR) is 88.4 cm³/mol. The first-order chi connectivity index (χ1) is 10.0. The van der Waals surface area contributed by atoms with Gasteiger partial charge >= 0.3 is 0 Å². The molecule has 1 aromatic rings. The van der Waals surface area contributed by atoms with Crippen molar-refractivity contribution in [3.05, 3.63) is 41.5 Å². The number of benzene rings is 1. The van der Waals surface area contributed by atoms with Gasteiger partial charge in [-0.15, -0.1) is 0 Å². The fourth-order valence-corrected chi connectivity index (χ4v) is 2.69. The molecule has 21 heavy (non-hydrogen) atoms. The van der Waals surface area contributed by atoms with Crippen molar-refractivity contribution in [2.45, 2.75) is 33.7 Å². The molecule has 2 rings (SSSR count). The Morgan fingerprint density at radius 2 is 2.00 bits per heavy atom. The molecular formula is C18H28N2O. The second kappa shape index (κ2) is 7.10. The van der Waals surface area contributed by atoms with Gasteiger partial charge in [0.1, 0.15) is 12.4 Å². The molecule has 1 aliphatic heterocycles. The maximum absolute atomic E-state index is 5.88. The summed E-state index contributed by atoms with van der Waals surface area (Å²) in [5.74, 6) is 0.919. The van der Waals surface area contributed by atoms with Crippen molar-refractivity contribution in [1.82, 2.24) is 4.90 Å². The Bertz CT molecular complexity index is 488. The van der Waals surface area contributed by atoms with Gasteiger partial charge < -0.3 is 10.5 Å². The normalized spacial score (nSPS) is 16.7. The summed E-state index contributed by atoms with van der Waals surface area (Å²) in [6.45, 7) is 11.3. The number of hydrogen-bond acceptors (Lipinski definition) is 3. The number of rotatable bonds is 5. The third-order valence-corrected chi connectivity index (χ3v) is 4.11. The minimum absolute atomic E-state index is 0.308. The molecule has 0 spiro atoms. The van der Waals surface area contributed by atoms with E-state index in [0.717, 1.165) is 37.6 Å². The summed E-state index contributed by atoms with van der Waals surface area (Å²) in [5.41, 5.74) is 8.68. The summed E-state index contributed by atoms with van der Waals surface area (Å²) in [7, 11) is 0. The van der Waals surface area contributed by atoms with Gasteiger partial charge in [0.2, 0.25) is 0 Å². The van der Waals surface area contributed by atoms with Crippen molar-refractivity contribution in [1.29, 1.82) is 0 Å². The minimum Gasteiger partial charge on any atom is -0.492 e. The number of hydrogen-bond donors (Lipinski definition) is 1. The lowest BCUT2D eigenvalue weighted by Crippen LogP contribution is -2.34. The molecule has 0 saturated heterocycles. The van der Waals surface area contributed by atoms with Crippen LogP contribution in [-0.2, 0) is 6.54 Å². The highest BCUT2D eigenvalue weighted by Crippen LogP contribution is 2.29. The molecule has 0 unspecified atom stereocenters. The molecule has 0 aromatic heterocycles. The van der Waals surface area contributed by atoms with Crippen LogP contribution in [-0.4, -0.2) is 31.1 Å². The van der Waals surface area contributed by atoms with Gasteiger partial charge in [-0.25, -0.2) is 0 Å². The number of nitrogens with two attached hydrogens (primary N) is 1.